The quantitative estimate of drug-likeness (QED) is 0.183. The van der Waals surface area contributed by atoms with Gasteiger partial charge in [0.05, 0.1) is 11.0 Å². The highest BCUT2D eigenvalue weighted by Gasteiger charge is 2.11. The molecule has 3 N–H and O–H groups in total. The maximum atomic E-state index is 9.29. The molecule has 6 nitrogen and oxygen atoms in total. The molecule has 29 heavy (non-hydrogen) atoms. The van der Waals surface area contributed by atoms with Gasteiger partial charge in [0.1, 0.15) is 5.82 Å². The first-order valence-electron chi connectivity index (χ1n) is 10.6. The van der Waals surface area contributed by atoms with Crippen molar-refractivity contribution >= 4 is 41.0 Å². The molecule has 0 aliphatic heterocycles. The predicted octanol–water partition coefficient (Wildman–Crippen LogP) is 3.95. The van der Waals surface area contributed by atoms with E-state index < -0.39 is 0 Å². The summed E-state index contributed by atoms with van der Waals surface area (Å²) in [5, 5.41) is 16.1. The van der Waals surface area contributed by atoms with Gasteiger partial charge in [-0.3, -0.25) is 4.99 Å². The Balaban J connectivity index is 0.00000420. The third-order valence-electron chi connectivity index (χ3n) is 4.89. The molecule has 1 aromatic heterocycles. The van der Waals surface area contributed by atoms with Crippen molar-refractivity contribution in [3.63, 3.8) is 0 Å². The Bertz CT molecular complexity index is 744. The number of rotatable bonds is 11. The number of para-hydroxylation sites is 2. The van der Waals surface area contributed by atoms with Crippen molar-refractivity contribution in [1.29, 1.82) is 0 Å². The largest absolute Gasteiger partial charge is 0.396 e. The zero-order valence-corrected chi connectivity index (χ0v) is 20.6. The van der Waals surface area contributed by atoms with E-state index in [4.69, 9.17) is 4.99 Å². The molecule has 1 unspecified atom stereocenters. The van der Waals surface area contributed by atoms with E-state index >= 15 is 0 Å². The lowest BCUT2D eigenvalue weighted by Crippen LogP contribution is -2.38. The van der Waals surface area contributed by atoms with Gasteiger partial charge in [0.15, 0.2) is 5.96 Å². The number of aryl methyl sites for hydroxylation is 2. The number of aliphatic imine (C=N–C) groups is 1. The summed E-state index contributed by atoms with van der Waals surface area (Å²) >= 11 is 0. The van der Waals surface area contributed by atoms with Gasteiger partial charge in [-0.05, 0) is 57.1 Å². The molecule has 0 fully saturated rings. The van der Waals surface area contributed by atoms with Crippen molar-refractivity contribution in [2.45, 2.75) is 53.5 Å². The Hall–Kier alpha value is -1.35. The standard InChI is InChI=1S/C22H37N5O.HI/c1-5-23-22(25-16-19(11-14-28)15-17(2)3)24-12-8-13-27-18(4)26-20-9-6-7-10-21(20)27;/h6-7,9-10,17,19,28H,5,8,11-16H2,1-4H3,(H2,23,24,25);1H. The molecule has 7 heteroatoms. The average molecular weight is 515 g/mol. The fourth-order valence-electron chi connectivity index (χ4n) is 3.62. The average Bonchev–Trinajstić information content (AvgIpc) is 2.98. The van der Waals surface area contributed by atoms with Crippen LogP contribution in [0, 0.1) is 18.8 Å². The van der Waals surface area contributed by atoms with Crippen molar-refractivity contribution in [3.05, 3.63) is 30.1 Å². The van der Waals surface area contributed by atoms with Gasteiger partial charge in [-0.2, -0.15) is 0 Å². The number of nitrogens with zero attached hydrogens (tertiary/aromatic N) is 3. The van der Waals surface area contributed by atoms with Gasteiger partial charge in [0, 0.05) is 32.8 Å². The lowest BCUT2D eigenvalue weighted by molar-refractivity contribution is 0.245. The van der Waals surface area contributed by atoms with Crippen LogP contribution in [0.2, 0.25) is 0 Å². The van der Waals surface area contributed by atoms with Gasteiger partial charge in [-0.1, -0.05) is 26.0 Å². The number of nitrogens with one attached hydrogen (secondary N) is 2. The van der Waals surface area contributed by atoms with Crippen molar-refractivity contribution in [2.24, 2.45) is 16.8 Å². The van der Waals surface area contributed by atoms with Crippen LogP contribution in [-0.4, -0.2) is 46.9 Å². The van der Waals surface area contributed by atoms with E-state index in [2.05, 4.69) is 66.1 Å². The van der Waals surface area contributed by atoms with Gasteiger partial charge in [-0.25, -0.2) is 4.98 Å². The van der Waals surface area contributed by atoms with Crippen LogP contribution in [0.15, 0.2) is 29.3 Å². The third-order valence-corrected chi connectivity index (χ3v) is 4.89. The smallest absolute Gasteiger partial charge is 0.191 e. The summed E-state index contributed by atoms with van der Waals surface area (Å²) in [6, 6.07) is 8.29. The molecule has 2 rings (SSSR count). The minimum Gasteiger partial charge on any atom is -0.396 e. The normalized spacial score (nSPS) is 12.8. The first-order valence-corrected chi connectivity index (χ1v) is 10.6. The number of imidazole rings is 1. The molecule has 0 amide bonds. The minimum absolute atomic E-state index is 0. The molecule has 1 aromatic carbocycles. The zero-order valence-electron chi connectivity index (χ0n) is 18.3. The summed E-state index contributed by atoms with van der Waals surface area (Å²) in [7, 11) is 0. The van der Waals surface area contributed by atoms with Crippen LogP contribution in [0.4, 0.5) is 0 Å². The van der Waals surface area contributed by atoms with Crippen LogP contribution >= 0.6 is 24.0 Å². The molecule has 0 aliphatic rings. The fraction of sp³-hybridized carbons (Fsp3) is 0.636. The summed E-state index contributed by atoms with van der Waals surface area (Å²) in [4.78, 5) is 9.38. The highest BCUT2D eigenvalue weighted by atomic mass is 127. The van der Waals surface area contributed by atoms with E-state index in [0.717, 1.165) is 62.7 Å². The van der Waals surface area contributed by atoms with Crippen LogP contribution < -0.4 is 10.6 Å². The maximum Gasteiger partial charge on any atom is 0.191 e. The van der Waals surface area contributed by atoms with E-state index in [1.807, 2.05) is 6.07 Å². The Morgan fingerprint density at radius 3 is 2.69 bits per heavy atom. The van der Waals surface area contributed by atoms with Crippen molar-refractivity contribution in [1.82, 2.24) is 20.2 Å². The lowest BCUT2D eigenvalue weighted by atomic mass is 9.94. The molecule has 1 heterocycles. The van der Waals surface area contributed by atoms with Crippen molar-refractivity contribution in [2.75, 3.05) is 26.2 Å². The number of hydrogen-bond acceptors (Lipinski definition) is 3. The first kappa shape index (κ1) is 25.7. The molecule has 2 aromatic rings. The molecule has 0 bridgehead atoms. The number of fused-ring (bicyclic) bond motifs is 1. The van der Waals surface area contributed by atoms with E-state index in [1.54, 1.807) is 0 Å². The van der Waals surface area contributed by atoms with Gasteiger partial charge in [-0.15, -0.1) is 24.0 Å². The summed E-state index contributed by atoms with van der Waals surface area (Å²) in [6.45, 7) is 12.2. The first-order chi connectivity index (χ1) is 13.5. The second kappa shape index (κ2) is 13.8. The maximum absolute atomic E-state index is 9.29. The zero-order chi connectivity index (χ0) is 20.4. The lowest BCUT2D eigenvalue weighted by Gasteiger charge is -2.17. The Kier molecular flexibility index (Phi) is 12.2. The number of hydrogen-bond donors (Lipinski definition) is 3. The Labute approximate surface area is 192 Å². The van der Waals surface area contributed by atoms with Crippen LogP contribution in [0.1, 0.15) is 45.9 Å². The van der Waals surface area contributed by atoms with Crippen LogP contribution in [0.3, 0.4) is 0 Å². The number of aliphatic hydroxyl groups excluding tert-OH is 1. The van der Waals surface area contributed by atoms with Gasteiger partial charge in [0.25, 0.3) is 0 Å². The Morgan fingerprint density at radius 1 is 1.24 bits per heavy atom. The topological polar surface area (TPSA) is 74.5 Å². The third kappa shape index (κ3) is 8.50. The number of aromatic nitrogens is 2. The summed E-state index contributed by atoms with van der Waals surface area (Å²) < 4.78 is 2.28. The summed E-state index contributed by atoms with van der Waals surface area (Å²) in [5.74, 6) is 2.97. The molecule has 164 valence electrons. The molecule has 0 saturated carbocycles. The number of halogens is 1. The van der Waals surface area contributed by atoms with E-state index in [0.29, 0.717) is 11.8 Å². The molecular weight excluding hydrogens is 477 g/mol. The Morgan fingerprint density at radius 2 is 2.00 bits per heavy atom. The number of guanidine groups is 1. The highest BCUT2D eigenvalue weighted by molar-refractivity contribution is 14.0. The van der Waals surface area contributed by atoms with Gasteiger partial charge >= 0.3 is 0 Å². The van der Waals surface area contributed by atoms with Crippen molar-refractivity contribution in [3.8, 4) is 0 Å². The SMILES string of the molecule is CCNC(=NCC(CCO)CC(C)C)NCCCn1c(C)nc2ccccc21.I. The van der Waals surface area contributed by atoms with Gasteiger partial charge < -0.3 is 20.3 Å². The monoisotopic (exact) mass is 515 g/mol. The van der Waals surface area contributed by atoms with Crippen LogP contribution in [0.5, 0.6) is 0 Å². The highest BCUT2D eigenvalue weighted by Crippen LogP contribution is 2.16. The number of aliphatic hydroxyl groups is 1. The molecule has 1 atom stereocenters. The van der Waals surface area contributed by atoms with Crippen LogP contribution in [0.25, 0.3) is 11.0 Å². The van der Waals surface area contributed by atoms with Crippen molar-refractivity contribution < 1.29 is 5.11 Å². The molecule has 0 radical (unpaired) electrons. The molecule has 0 saturated heterocycles. The number of benzene rings is 1. The van der Waals surface area contributed by atoms with Gasteiger partial charge in [0.2, 0.25) is 0 Å². The minimum atomic E-state index is 0. The fourth-order valence-corrected chi connectivity index (χ4v) is 3.62. The summed E-state index contributed by atoms with van der Waals surface area (Å²) in [6.07, 6.45) is 2.90. The van der Waals surface area contributed by atoms with E-state index in [1.165, 1.54) is 5.52 Å². The second-order valence-electron chi connectivity index (χ2n) is 7.81. The predicted molar refractivity (Wildman–Crippen MR) is 133 cm³/mol. The second-order valence-corrected chi connectivity index (χ2v) is 7.81. The molecule has 0 aliphatic carbocycles. The van der Waals surface area contributed by atoms with E-state index in [9.17, 15) is 5.11 Å². The molecular formula is C22H38IN5O. The molecule has 0 spiro atoms. The summed E-state index contributed by atoms with van der Waals surface area (Å²) in [5.41, 5.74) is 2.25. The van der Waals surface area contributed by atoms with E-state index in [-0.39, 0.29) is 30.6 Å². The van der Waals surface area contributed by atoms with Crippen LogP contribution in [-0.2, 0) is 6.54 Å².